The lowest BCUT2D eigenvalue weighted by Gasteiger charge is -2.20. The number of hydrogen-bond donors (Lipinski definition) is 0. The van der Waals surface area contributed by atoms with E-state index in [0.717, 1.165) is 5.69 Å². The van der Waals surface area contributed by atoms with Gasteiger partial charge in [0.2, 0.25) is 0 Å². The van der Waals surface area contributed by atoms with Gasteiger partial charge in [0.05, 0.1) is 5.69 Å². The molecule has 0 heterocycles. The molecule has 0 aliphatic heterocycles. The lowest BCUT2D eigenvalue weighted by molar-refractivity contribution is 0.0988. The van der Waals surface area contributed by atoms with Crippen molar-refractivity contribution in [2.24, 2.45) is 0 Å². The molecule has 2 nitrogen and oxygen atoms in total. The standard InChI is InChI=1S/C16H16FNO/c1-3-16(19)12-8-10-13(11-9-12)18(2)15-7-5-4-6-14(15)17/h4-11H,3H2,1-2H3. The van der Waals surface area contributed by atoms with Gasteiger partial charge in [0.15, 0.2) is 5.78 Å². The van der Waals surface area contributed by atoms with Gasteiger partial charge in [0.25, 0.3) is 0 Å². The number of Topliss-reactive ketones (excluding diaryl/α,β-unsaturated/α-hetero) is 1. The highest BCUT2D eigenvalue weighted by atomic mass is 19.1. The summed E-state index contributed by atoms with van der Waals surface area (Å²) >= 11 is 0. The van der Waals surface area contributed by atoms with Gasteiger partial charge in [-0.2, -0.15) is 0 Å². The van der Waals surface area contributed by atoms with Crippen LogP contribution in [-0.4, -0.2) is 12.8 Å². The summed E-state index contributed by atoms with van der Waals surface area (Å²) in [4.78, 5) is 13.3. The van der Waals surface area contributed by atoms with E-state index in [1.165, 1.54) is 6.07 Å². The van der Waals surface area contributed by atoms with Gasteiger partial charge < -0.3 is 4.90 Å². The van der Waals surface area contributed by atoms with Crippen LogP contribution < -0.4 is 4.90 Å². The first-order valence-electron chi connectivity index (χ1n) is 6.25. The first kappa shape index (κ1) is 13.3. The lowest BCUT2D eigenvalue weighted by atomic mass is 10.1. The molecule has 0 saturated heterocycles. The monoisotopic (exact) mass is 257 g/mol. The molecule has 19 heavy (non-hydrogen) atoms. The zero-order valence-electron chi connectivity index (χ0n) is 11.1. The van der Waals surface area contributed by atoms with Crippen LogP contribution in [0.15, 0.2) is 48.5 Å². The fraction of sp³-hybridized carbons (Fsp3) is 0.188. The summed E-state index contributed by atoms with van der Waals surface area (Å²) in [6.45, 7) is 1.84. The van der Waals surface area contributed by atoms with Crippen molar-refractivity contribution >= 4 is 17.2 Å². The number of ketones is 1. The largest absolute Gasteiger partial charge is 0.342 e. The Morgan fingerprint density at radius 2 is 1.74 bits per heavy atom. The van der Waals surface area contributed by atoms with Gasteiger partial charge in [0.1, 0.15) is 5.82 Å². The Kier molecular flexibility index (Phi) is 3.95. The summed E-state index contributed by atoms with van der Waals surface area (Å²) in [5.41, 5.74) is 2.04. The number of halogens is 1. The van der Waals surface area contributed by atoms with Crippen LogP contribution in [0.2, 0.25) is 0 Å². The topological polar surface area (TPSA) is 20.3 Å². The Morgan fingerprint density at radius 1 is 1.11 bits per heavy atom. The predicted molar refractivity (Wildman–Crippen MR) is 75.5 cm³/mol. The van der Waals surface area contributed by atoms with Gasteiger partial charge in [-0.05, 0) is 36.4 Å². The summed E-state index contributed by atoms with van der Waals surface area (Å²) in [6.07, 6.45) is 0.489. The molecule has 3 heteroatoms. The van der Waals surface area contributed by atoms with Crippen LogP contribution in [0.4, 0.5) is 15.8 Å². The van der Waals surface area contributed by atoms with E-state index in [1.54, 1.807) is 42.3 Å². The lowest BCUT2D eigenvalue weighted by Crippen LogP contribution is -2.11. The molecule has 2 aromatic rings. The zero-order chi connectivity index (χ0) is 13.8. The molecule has 0 bridgehead atoms. The Bertz CT molecular complexity index is 578. The molecule has 0 unspecified atom stereocenters. The minimum atomic E-state index is -0.265. The zero-order valence-corrected chi connectivity index (χ0v) is 11.1. The third kappa shape index (κ3) is 2.81. The van der Waals surface area contributed by atoms with E-state index in [2.05, 4.69) is 0 Å². The molecule has 0 aliphatic carbocycles. The van der Waals surface area contributed by atoms with Crippen LogP contribution in [0.3, 0.4) is 0 Å². The Labute approximate surface area is 112 Å². The highest BCUT2D eigenvalue weighted by Gasteiger charge is 2.09. The van der Waals surface area contributed by atoms with Gasteiger partial charge in [-0.15, -0.1) is 0 Å². The van der Waals surface area contributed by atoms with E-state index in [1.807, 2.05) is 19.1 Å². The van der Waals surface area contributed by atoms with Crippen LogP contribution in [0.1, 0.15) is 23.7 Å². The van der Waals surface area contributed by atoms with E-state index < -0.39 is 0 Å². The van der Waals surface area contributed by atoms with Gasteiger partial charge in [0, 0.05) is 24.7 Å². The number of rotatable bonds is 4. The number of anilines is 2. The Balaban J connectivity index is 2.28. The molecule has 0 atom stereocenters. The predicted octanol–water partition coefficient (Wildman–Crippen LogP) is 4.19. The van der Waals surface area contributed by atoms with Crippen molar-refractivity contribution in [1.29, 1.82) is 0 Å². The number of para-hydroxylation sites is 1. The molecular formula is C16H16FNO. The minimum Gasteiger partial charge on any atom is -0.342 e. The molecule has 0 spiro atoms. The van der Waals surface area contributed by atoms with Crippen LogP contribution >= 0.6 is 0 Å². The molecule has 0 amide bonds. The quantitative estimate of drug-likeness (QED) is 0.765. The second kappa shape index (κ2) is 5.65. The van der Waals surface area contributed by atoms with Gasteiger partial charge in [-0.1, -0.05) is 19.1 Å². The first-order valence-corrected chi connectivity index (χ1v) is 6.25. The maximum atomic E-state index is 13.7. The molecule has 98 valence electrons. The average molecular weight is 257 g/mol. The van der Waals surface area contributed by atoms with E-state index in [0.29, 0.717) is 17.7 Å². The molecule has 0 aliphatic rings. The molecule has 2 rings (SSSR count). The van der Waals surface area contributed by atoms with E-state index in [9.17, 15) is 9.18 Å². The summed E-state index contributed by atoms with van der Waals surface area (Å²) in [6, 6.07) is 13.8. The van der Waals surface area contributed by atoms with E-state index >= 15 is 0 Å². The minimum absolute atomic E-state index is 0.111. The van der Waals surface area contributed by atoms with Crippen LogP contribution in [0.5, 0.6) is 0 Å². The van der Waals surface area contributed by atoms with Crippen molar-refractivity contribution in [1.82, 2.24) is 0 Å². The fourth-order valence-corrected chi connectivity index (χ4v) is 1.94. The third-order valence-electron chi connectivity index (χ3n) is 3.11. The summed E-state index contributed by atoms with van der Waals surface area (Å²) in [5, 5.41) is 0. The van der Waals surface area contributed by atoms with Crippen molar-refractivity contribution < 1.29 is 9.18 Å². The van der Waals surface area contributed by atoms with Crippen LogP contribution in [-0.2, 0) is 0 Å². The SMILES string of the molecule is CCC(=O)c1ccc(N(C)c2ccccc2F)cc1. The molecule has 0 fully saturated rings. The van der Waals surface area contributed by atoms with E-state index in [4.69, 9.17) is 0 Å². The third-order valence-corrected chi connectivity index (χ3v) is 3.11. The average Bonchev–Trinajstić information content (AvgIpc) is 2.46. The van der Waals surface area contributed by atoms with Crippen molar-refractivity contribution in [3.63, 3.8) is 0 Å². The maximum absolute atomic E-state index is 13.7. The summed E-state index contributed by atoms with van der Waals surface area (Å²) < 4.78 is 13.7. The van der Waals surface area contributed by atoms with Crippen molar-refractivity contribution in [3.05, 3.63) is 59.9 Å². The smallest absolute Gasteiger partial charge is 0.162 e. The Morgan fingerprint density at radius 3 is 2.32 bits per heavy atom. The van der Waals surface area contributed by atoms with Gasteiger partial charge in [-0.3, -0.25) is 4.79 Å². The number of benzene rings is 2. The maximum Gasteiger partial charge on any atom is 0.162 e. The number of nitrogens with zero attached hydrogens (tertiary/aromatic N) is 1. The fourth-order valence-electron chi connectivity index (χ4n) is 1.94. The molecule has 2 aromatic carbocycles. The van der Waals surface area contributed by atoms with Crippen LogP contribution in [0, 0.1) is 5.82 Å². The van der Waals surface area contributed by atoms with Crippen molar-refractivity contribution in [2.75, 3.05) is 11.9 Å². The van der Waals surface area contributed by atoms with Gasteiger partial charge >= 0.3 is 0 Å². The van der Waals surface area contributed by atoms with Gasteiger partial charge in [-0.25, -0.2) is 4.39 Å². The molecular weight excluding hydrogens is 241 g/mol. The molecule has 0 aromatic heterocycles. The summed E-state index contributed by atoms with van der Waals surface area (Å²) in [5.74, 6) is -0.154. The second-order valence-electron chi connectivity index (χ2n) is 4.33. The number of carbonyl (C=O) groups excluding carboxylic acids is 1. The summed E-state index contributed by atoms with van der Waals surface area (Å²) in [7, 11) is 1.80. The highest BCUT2D eigenvalue weighted by molar-refractivity contribution is 5.96. The normalized spacial score (nSPS) is 10.3. The Hall–Kier alpha value is -2.16. The van der Waals surface area contributed by atoms with E-state index in [-0.39, 0.29) is 11.6 Å². The van der Waals surface area contributed by atoms with Crippen molar-refractivity contribution in [3.8, 4) is 0 Å². The second-order valence-corrected chi connectivity index (χ2v) is 4.33. The highest BCUT2D eigenvalue weighted by Crippen LogP contribution is 2.26. The molecule has 0 saturated carbocycles. The van der Waals surface area contributed by atoms with Crippen LogP contribution in [0.25, 0.3) is 0 Å². The first-order chi connectivity index (χ1) is 9.13. The number of carbonyl (C=O) groups is 1. The number of hydrogen-bond acceptors (Lipinski definition) is 2. The molecule has 0 radical (unpaired) electrons. The molecule has 0 N–H and O–H groups in total. The van der Waals surface area contributed by atoms with Crippen molar-refractivity contribution in [2.45, 2.75) is 13.3 Å².